The zero-order chi connectivity index (χ0) is 12.6. The fourth-order valence-electron chi connectivity index (χ4n) is 2.01. The summed E-state index contributed by atoms with van der Waals surface area (Å²) in [4.78, 5) is 0.172. The van der Waals surface area contributed by atoms with E-state index in [0.29, 0.717) is 11.6 Å². The van der Waals surface area contributed by atoms with Crippen LogP contribution in [0.2, 0.25) is 0 Å². The second kappa shape index (κ2) is 4.29. The molecule has 0 aromatic heterocycles. The Morgan fingerprint density at radius 1 is 1.35 bits per heavy atom. The first-order chi connectivity index (χ1) is 7.86. The molecule has 0 amide bonds. The predicted octanol–water partition coefficient (Wildman–Crippen LogP) is 0.544. The summed E-state index contributed by atoms with van der Waals surface area (Å²) in [6.07, 6.45) is 1.83. The third-order valence-corrected chi connectivity index (χ3v) is 4.09. The fourth-order valence-corrected chi connectivity index (χ4v) is 2.82. The number of anilines is 1. The van der Waals surface area contributed by atoms with Crippen LogP contribution >= 0.6 is 0 Å². The molecule has 0 unspecified atom stereocenters. The summed E-state index contributed by atoms with van der Waals surface area (Å²) in [5.41, 5.74) is 7.12. The van der Waals surface area contributed by atoms with Gasteiger partial charge in [0.25, 0.3) is 0 Å². The zero-order valence-electron chi connectivity index (χ0n) is 9.68. The average molecular weight is 255 g/mol. The maximum absolute atomic E-state index is 11.4. The van der Waals surface area contributed by atoms with Gasteiger partial charge in [-0.25, -0.2) is 13.6 Å². The number of nitrogens with two attached hydrogens (primary N) is 2. The molecule has 1 aliphatic rings. The van der Waals surface area contributed by atoms with Gasteiger partial charge in [-0.15, -0.1) is 0 Å². The van der Waals surface area contributed by atoms with Gasteiger partial charge in [0.15, 0.2) is 0 Å². The Morgan fingerprint density at radius 2 is 2.00 bits per heavy atom. The van der Waals surface area contributed by atoms with Gasteiger partial charge in [0.2, 0.25) is 10.0 Å². The van der Waals surface area contributed by atoms with Crippen LogP contribution < -0.4 is 16.2 Å². The van der Waals surface area contributed by atoms with E-state index in [9.17, 15) is 8.42 Å². The first-order valence-corrected chi connectivity index (χ1v) is 7.06. The lowest BCUT2D eigenvalue weighted by molar-refractivity contribution is 0.373. The second-order valence-electron chi connectivity index (χ2n) is 4.60. The van der Waals surface area contributed by atoms with Crippen LogP contribution in [0, 0.1) is 6.92 Å². The molecule has 6 heteroatoms. The van der Waals surface area contributed by atoms with E-state index in [1.807, 2.05) is 6.07 Å². The van der Waals surface area contributed by atoms with Crippen molar-refractivity contribution in [3.8, 4) is 0 Å². The molecular formula is C11H17N3O2S. The van der Waals surface area contributed by atoms with E-state index < -0.39 is 10.0 Å². The molecule has 1 aromatic carbocycles. The zero-order valence-corrected chi connectivity index (χ0v) is 10.5. The minimum Gasteiger partial charge on any atom is -0.382 e. The number of rotatable bonds is 3. The summed E-state index contributed by atoms with van der Waals surface area (Å²) < 4.78 is 22.7. The average Bonchev–Trinajstić information content (AvgIpc) is 2.16. The lowest BCUT2D eigenvalue weighted by Gasteiger charge is -2.33. The molecule has 2 rings (SSSR count). The molecule has 1 aromatic rings. The fraction of sp³-hybridized carbons (Fsp3) is 0.455. The van der Waals surface area contributed by atoms with Gasteiger partial charge in [-0.2, -0.15) is 0 Å². The Hall–Kier alpha value is -1.11. The monoisotopic (exact) mass is 255 g/mol. The molecular weight excluding hydrogens is 238 g/mol. The van der Waals surface area contributed by atoms with Crippen molar-refractivity contribution in [2.75, 3.05) is 5.32 Å². The first-order valence-electron chi connectivity index (χ1n) is 5.52. The molecule has 0 atom stereocenters. The van der Waals surface area contributed by atoms with Crippen molar-refractivity contribution in [2.45, 2.75) is 36.7 Å². The minimum absolute atomic E-state index is 0.172. The van der Waals surface area contributed by atoms with E-state index in [0.717, 1.165) is 18.5 Å². The van der Waals surface area contributed by atoms with Gasteiger partial charge in [-0.1, -0.05) is 6.07 Å². The molecule has 0 saturated heterocycles. The smallest absolute Gasteiger partial charge is 0.238 e. The van der Waals surface area contributed by atoms with Crippen LogP contribution in [0.3, 0.4) is 0 Å². The summed E-state index contributed by atoms with van der Waals surface area (Å²) in [5.74, 6) is 0. The van der Waals surface area contributed by atoms with E-state index in [1.54, 1.807) is 19.1 Å². The molecule has 0 heterocycles. The summed E-state index contributed by atoms with van der Waals surface area (Å²) in [6, 6.07) is 5.78. The molecule has 94 valence electrons. The van der Waals surface area contributed by atoms with Gasteiger partial charge >= 0.3 is 0 Å². The number of hydrogen-bond donors (Lipinski definition) is 3. The highest BCUT2D eigenvalue weighted by molar-refractivity contribution is 7.89. The van der Waals surface area contributed by atoms with Crippen LogP contribution in [0.25, 0.3) is 0 Å². The van der Waals surface area contributed by atoms with Gasteiger partial charge in [0, 0.05) is 17.8 Å². The standard InChI is InChI=1S/C11H17N3O2S/c1-7-2-3-9(6-11(7)17(13,15)16)14-10-4-8(12)5-10/h2-3,6,8,10,14H,4-5,12H2,1H3,(H2,13,15,16). The topological polar surface area (TPSA) is 98.2 Å². The third kappa shape index (κ3) is 2.77. The normalized spacial score (nSPS) is 24.2. The lowest BCUT2D eigenvalue weighted by Crippen LogP contribution is -2.44. The Balaban J connectivity index is 2.20. The van der Waals surface area contributed by atoms with Crippen molar-refractivity contribution in [3.05, 3.63) is 23.8 Å². The third-order valence-electron chi connectivity index (χ3n) is 3.04. The molecule has 0 spiro atoms. The summed E-state index contributed by atoms with van der Waals surface area (Å²) >= 11 is 0. The number of hydrogen-bond acceptors (Lipinski definition) is 4. The van der Waals surface area contributed by atoms with Gasteiger partial charge in [0.05, 0.1) is 4.90 Å². The Morgan fingerprint density at radius 3 is 2.53 bits per heavy atom. The highest BCUT2D eigenvalue weighted by atomic mass is 32.2. The van der Waals surface area contributed by atoms with Gasteiger partial charge in [-0.05, 0) is 37.5 Å². The second-order valence-corrected chi connectivity index (χ2v) is 6.13. The van der Waals surface area contributed by atoms with Crippen molar-refractivity contribution >= 4 is 15.7 Å². The van der Waals surface area contributed by atoms with Crippen LogP contribution in [0.4, 0.5) is 5.69 Å². The first kappa shape index (κ1) is 12.3. The SMILES string of the molecule is Cc1ccc(NC2CC(N)C2)cc1S(N)(=O)=O. The molecule has 1 aliphatic carbocycles. The molecule has 5 nitrogen and oxygen atoms in total. The van der Waals surface area contributed by atoms with E-state index in [-0.39, 0.29) is 10.9 Å². The maximum atomic E-state index is 11.4. The largest absolute Gasteiger partial charge is 0.382 e. The summed E-state index contributed by atoms with van der Waals surface area (Å²) in [5, 5.41) is 8.40. The van der Waals surface area contributed by atoms with E-state index >= 15 is 0 Å². The molecule has 5 N–H and O–H groups in total. The quantitative estimate of drug-likeness (QED) is 0.734. The predicted molar refractivity (Wildman–Crippen MR) is 67.2 cm³/mol. The molecule has 0 bridgehead atoms. The molecule has 1 saturated carbocycles. The van der Waals surface area contributed by atoms with E-state index in [1.165, 1.54) is 0 Å². The Kier molecular flexibility index (Phi) is 3.11. The Labute approximate surface area is 101 Å². The maximum Gasteiger partial charge on any atom is 0.238 e. The number of aryl methyl sites for hydroxylation is 1. The van der Waals surface area contributed by atoms with Crippen LogP contribution in [-0.4, -0.2) is 20.5 Å². The van der Waals surface area contributed by atoms with E-state index in [2.05, 4.69) is 5.32 Å². The van der Waals surface area contributed by atoms with Gasteiger partial charge in [0.1, 0.15) is 0 Å². The van der Waals surface area contributed by atoms with Crippen LogP contribution in [-0.2, 0) is 10.0 Å². The summed E-state index contributed by atoms with van der Waals surface area (Å²) in [7, 11) is -3.66. The number of benzene rings is 1. The van der Waals surface area contributed by atoms with Crippen LogP contribution in [0.1, 0.15) is 18.4 Å². The molecule has 17 heavy (non-hydrogen) atoms. The lowest BCUT2D eigenvalue weighted by atomic mass is 9.87. The number of primary sulfonamides is 1. The van der Waals surface area contributed by atoms with Crippen molar-refractivity contribution in [3.63, 3.8) is 0 Å². The van der Waals surface area contributed by atoms with Crippen molar-refractivity contribution in [1.29, 1.82) is 0 Å². The highest BCUT2D eigenvalue weighted by Gasteiger charge is 2.25. The van der Waals surface area contributed by atoms with Crippen LogP contribution in [0.15, 0.2) is 23.1 Å². The van der Waals surface area contributed by atoms with E-state index in [4.69, 9.17) is 10.9 Å². The molecule has 0 radical (unpaired) electrons. The minimum atomic E-state index is -3.66. The molecule has 1 fully saturated rings. The van der Waals surface area contributed by atoms with Gasteiger partial charge in [-0.3, -0.25) is 0 Å². The highest BCUT2D eigenvalue weighted by Crippen LogP contribution is 2.25. The van der Waals surface area contributed by atoms with Crippen LogP contribution in [0.5, 0.6) is 0 Å². The Bertz CT molecular complexity index is 522. The number of nitrogens with one attached hydrogen (secondary N) is 1. The summed E-state index contributed by atoms with van der Waals surface area (Å²) in [6.45, 7) is 1.72. The van der Waals surface area contributed by atoms with Gasteiger partial charge < -0.3 is 11.1 Å². The van der Waals surface area contributed by atoms with Crippen molar-refractivity contribution in [2.24, 2.45) is 10.9 Å². The molecule has 0 aliphatic heterocycles. The van der Waals surface area contributed by atoms with Crippen molar-refractivity contribution < 1.29 is 8.42 Å². The van der Waals surface area contributed by atoms with Crippen molar-refractivity contribution in [1.82, 2.24) is 0 Å². The number of sulfonamides is 1.